The first-order valence-electron chi connectivity index (χ1n) is 5.18. The van der Waals surface area contributed by atoms with E-state index in [0.717, 1.165) is 0 Å². The van der Waals surface area contributed by atoms with E-state index in [2.05, 4.69) is 44.3 Å². The lowest BCUT2D eigenvalue weighted by Crippen LogP contribution is -2.42. The molecule has 0 bridgehead atoms. The summed E-state index contributed by atoms with van der Waals surface area (Å²) >= 11 is 0. The van der Waals surface area contributed by atoms with Crippen LogP contribution in [0.3, 0.4) is 0 Å². The summed E-state index contributed by atoms with van der Waals surface area (Å²) in [5, 5.41) is 0. The van der Waals surface area contributed by atoms with Gasteiger partial charge in [-0.2, -0.15) is 0 Å². The Bertz CT molecular complexity index is 211. The Hall–Kier alpha value is -0.530. The Labute approximate surface area is 82.2 Å². The molecule has 0 spiro atoms. The van der Waals surface area contributed by atoms with Gasteiger partial charge in [0.25, 0.3) is 0 Å². The van der Waals surface area contributed by atoms with E-state index >= 15 is 0 Å². The van der Waals surface area contributed by atoms with Gasteiger partial charge in [0.05, 0.1) is 33.6 Å². The topological polar surface area (TPSA) is 6.25 Å². The van der Waals surface area contributed by atoms with Crippen LogP contribution >= 0.6 is 0 Å². The van der Waals surface area contributed by atoms with E-state index in [9.17, 15) is 0 Å². The number of hydrogen-bond donors (Lipinski definition) is 0. The minimum atomic E-state index is 0.398. The van der Waals surface area contributed by atoms with Crippen molar-refractivity contribution >= 4 is 5.84 Å². The molecule has 13 heavy (non-hydrogen) atoms. The van der Waals surface area contributed by atoms with Crippen molar-refractivity contribution in [2.45, 2.75) is 33.6 Å². The highest BCUT2D eigenvalue weighted by atomic mass is 15.2. The van der Waals surface area contributed by atoms with Crippen LogP contribution in [-0.4, -0.2) is 42.5 Å². The molecule has 76 valence electrons. The van der Waals surface area contributed by atoms with Gasteiger partial charge in [-0.25, -0.2) is 0 Å². The fraction of sp³-hybridized carbons (Fsp3) is 0.909. The summed E-state index contributed by atoms with van der Waals surface area (Å²) in [6.45, 7) is 9.34. The number of hydrogen-bond acceptors (Lipinski definition) is 1. The summed E-state index contributed by atoms with van der Waals surface area (Å²) in [7, 11) is 4.41. The average Bonchev–Trinajstić information content (AvgIpc) is 1.95. The minimum absolute atomic E-state index is 0.398. The molecule has 2 nitrogen and oxygen atoms in total. The number of amidine groups is 1. The standard InChI is InChI=1S/C11H23N2/c1-11(2,3)9-10-12(4)7-6-8-13(10)5/h6-9H2,1-5H3/q+1. The van der Waals surface area contributed by atoms with Crippen molar-refractivity contribution in [2.75, 3.05) is 27.2 Å². The molecule has 0 aromatic rings. The van der Waals surface area contributed by atoms with Crippen molar-refractivity contribution in [1.29, 1.82) is 0 Å². The second kappa shape index (κ2) is 3.69. The van der Waals surface area contributed by atoms with E-state index in [1.165, 1.54) is 31.8 Å². The van der Waals surface area contributed by atoms with Crippen molar-refractivity contribution < 1.29 is 4.58 Å². The van der Waals surface area contributed by atoms with E-state index in [1.807, 2.05) is 0 Å². The van der Waals surface area contributed by atoms with E-state index in [0.29, 0.717) is 5.41 Å². The van der Waals surface area contributed by atoms with Gasteiger partial charge >= 0.3 is 0 Å². The van der Waals surface area contributed by atoms with Crippen molar-refractivity contribution in [1.82, 2.24) is 4.90 Å². The lowest BCUT2D eigenvalue weighted by atomic mass is 9.91. The largest absolute Gasteiger partial charge is 0.268 e. The first-order valence-corrected chi connectivity index (χ1v) is 5.18. The van der Waals surface area contributed by atoms with Crippen LogP contribution in [0.25, 0.3) is 0 Å². The van der Waals surface area contributed by atoms with Gasteiger partial charge in [-0.05, 0) is 5.41 Å². The molecular weight excluding hydrogens is 160 g/mol. The van der Waals surface area contributed by atoms with Crippen LogP contribution in [-0.2, 0) is 0 Å². The predicted molar refractivity (Wildman–Crippen MR) is 57.4 cm³/mol. The third-order valence-corrected chi connectivity index (χ3v) is 2.56. The van der Waals surface area contributed by atoms with Crippen LogP contribution in [0.15, 0.2) is 0 Å². The molecule has 0 unspecified atom stereocenters. The third kappa shape index (κ3) is 3.02. The summed E-state index contributed by atoms with van der Waals surface area (Å²) in [5.74, 6) is 1.50. The maximum absolute atomic E-state index is 2.40. The Kier molecular flexibility index (Phi) is 2.99. The molecule has 1 heterocycles. The lowest BCUT2D eigenvalue weighted by Gasteiger charge is -2.26. The highest BCUT2D eigenvalue weighted by Crippen LogP contribution is 2.21. The Balaban J connectivity index is 2.75. The van der Waals surface area contributed by atoms with Crippen LogP contribution in [0.4, 0.5) is 0 Å². The van der Waals surface area contributed by atoms with Crippen molar-refractivity contribution in [3.8, 4) is 0 Å². The Morgan fingerprint density at radius 1 is 1.38 bits per heavy atom. The first kappa shape index (κ1) is 10.6. The highest BCUT2D eigenvalue weighted by Gasteiger charge is 2.26. The third-order valence-electron chi connectivity index (χ3n) is 2.56. The number of nitrogens with zero attached hydrogens (tertiary/aromatic N) is 2. The molecule has 0 saturated carbocycles. The predicted octanol–water partition coefficient (Wildman–Crippen LogP) is 1.80. The maximum Gasteiger partial charge on any atom is 0.246 e. The molecule has 0 saturated heterocycles. The smallest absolute Gasteiger partial charge is 0.246 e. The molecule has 0 atom stereocenters. The van der Waals surface area contributed by atoms with Crippen molar-refractivity contribution in [3.05, 3.63) is 0 Å². The molecular formula is C11H23N2+. The van der Waals surface area contributed by atoms with Crippen molar-refractivity contribution in [3.63, 3.8) is 0 Å². The van der Waals surface area contributed by atoms with Crippen LogP contribution in [0.2, 0.25) is 0 Å². The molecule has 0 amide bonds. The van der Waals surface area contributed by atoms with Gasteiger partial charge in [0, 0.05) is 6.42 Å². The van der Waals surface area contributed by atoms with Gasteiger partial charge in [0.15, 0.2) is 0 Å². The average molecular weight is 183 g/mol. The molecule has 0 N–H and O–H groups in total. The van der Waals surface area contributed by atoms with Crippen LogP contribution < -0.4 is 0 Å². The van der Waals surface area contributed by atoms with Gasteiger partial charge in [0.1, 0.15) is 0 Å². The Morgan fingerprint density at radius 2 is 2.00 bits per heavy atom. The fourth-order valence-corrected chi connectivity index (χ4v) is 1.84. The molecule has 0 aromatic carbocycles. The maximum atomic E-state index is 2.40. The zero-order valence-corrected chi connectivity index (χ0v) is 9.72. The second-order valence-corrected chi connectivity index (χ2v) is 5.35. The monoisotopic (exact) mass is 183 g/mol. The molecule has 0 fully saturated rings. The molecule has 0 aliphatic carbocycles. The SMILES string of the molecule is CN1CCC[N+](C)=C1CC(C)(C)C. The van der Waals surface area contributed by atoms with Gasteiger partial charge < -0.3 is 0 Å². The second-order valence-electron chi connectivity index (χ2n) is 5.35. The van der Waals surface area contributed by atoms with E-state index < -0.39 is 0 Å². The van der Waals surface area contributed by atoms with Crippen molar-refractivity contribution in [2.24, 2.45) is 5.41 Å². The summed E-state index contributed by atoms with van der Waals surface area (Å²) in [6.07, 6.45) is 2.47. The molecule has 0 radical (unpaired) electrons. The van der Waals surface area contributed by atoms with E-state index in [1.54, 1.807) is 0 Å². The van der Waals surface area contributed by atoms with Gasteiger partial charge in [-0.15, -0.1) is 0 Å². The summed E-state index contributed by atoms with van der Waals surface area (Å²) in [6, 6.07) is 0. The number of rotatable bonds is 1. The molecule has 1 aliphatic rings. The summed E-state index contributed by atoms with van der Waals surface area (Å²) in [4.78, 5) is 2.40. The minimum Gasteiger partial charge on any atom is -0.268 e. The van der Waals surface area contributed by atoms with Gasteiger partial charge in [-0.3, -0.25) is 9.48 Å². The molecule has 2 heteroatoms. The van der Waals surface area contributed by atoms with Crippen LogP contribution in [0, 0.1) is 5.41 Å². The molecule has 1 rings (SSSR count). The Morgan fingerprint density at radius 3 is 2.46 bits per heavy atom. The highest BCUT2D eigenvalue weighted by molar-refractivity contribution is 5.78. The summed E-state index contributed by atoms with van der Waals surface area (Å²) < 4.78 is 2.40. The van der Waals surface area contributed by atoms with E-state index in [4.69, 9.17) is 0 Å². The zero-order chi connectivity index (χ0) is 10.1. The lowest BCUT2D eigenvalue weighted by molar-refractivity contribution is -0.510. The molecule has 0 aromatic heterocycles. The van der Waals surface area contributed by atoms with Crippen LogP contribution in [0.5, 0.6) is 0 Å². The van der Waals surface area contributed by atoms with Gasteiger partial charge in [-0.1, -0.05) is 20.8 Å². The quantitative estimate of drug-likeness (QED) is 0.562. The normalized spacial score (nSPS) is 19.6. The zero-order valence-electron chi connectivity index (χ0n) is 9.72. The van der Waals surface area contributed by atoms with Crippen LogP contribution in [0.1, 0.15) is 33.6 Å². The van der Waals surface area contributed by atoms with E-state index in [-0.39, 0.29) is 0 Å². The summed E-state index contributed by atoms with van der Waals surface area (Å²) in [5.41, 5.74) is 0.398. The fourth-order valence-electron chi connectivity index (χ4n) is 1.84. The van der Waals surface area contributed by atoms with Gasteiger partial charge in [0.2, 0.25) is 5.84 Å². The first-order chi connectivity index (χ1) is 5.90. The molecule has 1 aliphatic heterocycles.